The summed E-state index contributed by atoms with van der Waals surface area (Å²) >= 11 is 6.08. The second-order valence-electron chi connectivity index (χ2n) is 6.64. The van der Waals surface area contributed by atoms with Gasteiger partial charge in [-0.1, -0.05) is 24.6 Å². The Kier molecular flexibility index (Phi) is 5.99. The zero-order valence-electron chi connectivity index (χ0n) is 15.3. The number of carbonyl (C=O) groups excluding carboxylic acids is 1. The first-order valence-electron chi connectivity index (χ1n) is 9.09. The molecule has 1 N–H and O–H groups in total. The van der Waals surface area contributed by atoms with E-state index >= 15 is 0 Å². The minimum absolute atomic E-state index is 0.0106. The Hall–Kier alpha value is -2.27. The molecule has 3 rings (SSSR count). The van der Waals surface area contributed by atoms with Crippen molar-refractivity contribution in [1.82, 2.24) is 9.88 Å². The summed E-state index contributed by atoms with van der Waals surface area (Å²) in [6.45, 7) is 7.18. The van der Waals surface area contributed by atoms with Crippen molar-refractivity contribution in [2.75, 3.05) is 36.4 Å². The maximum absolute atomic E-state index is 12.8. The predicted molar refractivity (Wildman–Crippen MR) is 107 cm³/mol. The van der Waals surface area contributed by atoms with E-state index in [0.717, 1.165) is 35.9 Å². The molecule has 1 atom stereocenters. The van der Waals surface area contributed by atoms with E-state index in [0.29, 0.717) is 24.8 Å². The van der Waals surface area contributed by atoms with Gasteiger partial charge in [0.05, 0.1) is 0 Å². The Balaban J connectivity index is 1.62. The molecule has 2 heterocycles. The molecule has 2 aromatic rings. The van der Waals surface area contributed by atoms with E-state index in [2.05, 4.69) is 35.1 Å². The molecule has 1 amide bonds. The number of benzene rings is 1. The molecule has 5 nitrogen and oxygen atoms in total. The summed E-state index contributed by atoms with van der Waals surface area (Å²) in [4.78, 5) is 21.2. The van der Waals surface area contributed by atoms with Crippen LogP contribution in [0.15, 0.2) is 42.6 Å². The molecule has 138 valence electrons. The number of aromatic nitrogens is 1. The number of nitrogens with one attached hydrogen (secondary N) is 1. The number of carbonyl (C=O) groups is 1. The van der Waals surface area contributed by atoms with E-state index in [1.807, 2.05) is 35.2 Å². The van der Waals surface area contributed by atoms with Crippen LogP contribution in [0.3, 0.4) is 0 Å². The molecule has 0 radical (unpaired) electrons. The maximum Gasteiger partial charge on any atom is 0.272 e. The first-order valence-corrected chi connectivity index (χ1v) is 9.47. The lowest BCUT2D eigenvalue weighted by Gasteiger charge is -2.36. The molecule has 0 aliphatic carbocycles. The Bertz CT molecular complexity index is 759. The van der Waals surface area contributed by atoms with Gasteiger partial charge in [0.15, 0.2) is 0 Å². The number of hydrogen-bond donors (Lipinski definition) is 1. The van der Waals surface area contributed by atoms with Gasteiger partial charge in [0.25, 0.3) is 5.91 Å². The summed E-state index contributed by atoms with van der Waals surface area (Å²) in [5.41, 5.74) is 2.53. The highest BCUT2D eigenvalue weighted by atomic mass is 35.5. The van der Waals surface area contributed by atoms with E-state index in [1.165, 1.54) is 0 Å². The van der Waals surface area contributed by atoms with Gasteiger partial charge in [0, 0.05) is 54.8 Å². The van der Waals surface area contributed by atoms with Gasteiger partial charge in [-0.15, -0.1) is 0 Å². The molecular formula is C20H25ClN4O. The molecule has 6 heteroatoms. The SMILES string of the molecule is CCC(C)Nc1ccnc(C(=O)N2CCN(c3cccc(Cl)c3)CC2)c1. The summed E-state index contributed by atoms with van der Waals surface area (Å²) in [6.07, 6.45) is 2.72. The standard InChI is InChI=1S/C20H25ClN4O/c1-3-15(2)23-17-7-8-22-19(14-17)20(26)25-11-9-24(10-12-25)18-6-4-5-16(21)13-18/h4-8,13-15H,3,9-12H2,1-2H3,(H,22,23). The monoisotopic (exact) mass is 372 g/mol. The number of nitrogens with zero attached hydrogens (tertiary/aromatic N) is 3. The second-order valence-corrected chi connectivity index (χ2v) is 7.08. The molecule has 1 aliphatic heterocycles. The second kappa shape index (κ2) is 8.41. The van der Waals surface area contributed by atoms with Gasteiger partial charge in [-0.05, 0) is 43.7 Å². The van der Waals surface area contributed by atoms with Crippen molar-refractivity contribution in [1.29, 1.82) is 0 Å². The van der Waals surface area contributed by atoms with Crippen molar-refractivity contribution in [3.05, 3.63) is 53.3 Å². The first kappa shape index (κ1) is 18.5. The third-order valence-corrected chi connectivity index (χ3v) is 4.98. The Morgan fingerprint density at radius 2 is 2.00 bits per heavy atom. The van der Waals surface area contributed by atoms with Crippen LogP contribution in [0.5, 0.6) is 0 Å². The molecule has 1 aliphatic rings. The highest BCUT2D eigenvalue weighted by molar-refractivity contribution is 6.30. The largest absolute Gasteiger partial charge is 0.382 e. The molecular weight excluding hydrogens is 348 g/mol. The van der Waals surface area contributed by atoms with Crippen LogP contribution in [0.1, 0.15) is 30.8 Å². The number of piperazine rings is 1. The molecule has 0 bridgehead atoms. The van der Waals surface area contributed by atoms with Crippen LogP contribution in [-0.2, 0) is 0 Å². The van der Waals surface area contributed by atoms with Gasteiger partial charge in [-0.2, -0.15) is 0 Å². The summed E-state index contributed by atoms with van der Waals surface area (Å²) in [5, 5.41) is 4.12. The van der Waals surface area contributed by atoms with Gasteiger partial charge in [-0.25, -0.2) is 0 Å². The predicted octanol–water partition coefficient (Wildman–Crippen LogP) is 3.91. The van der Waals surface area contributed by atoms with E-state index in [9.17, 15) is 4.79 Å². The molecule has 1 aromatic carbocycles. The number of anilines is 2. The van der Waals surface area contributed by atoms with E-state index in [1.54, 1.807) is 6.20 Å². The molecule has 0 spiro atoms. The molecule has 1 saturated heterocycles. The van der Waals surface area contributed by atoms with Gasteiger partial charge in [0.2, 0.25) is 0 Å². The van der Waals surface area contributed by atoms with E-state index < -0.39 is 0 Å². The van der Waals surface area contributed by atoms with Crippen molar-refractivity contribution in [3.63, 3.8) is 0 Å². The maximum atomic E-state index is 12.8. The molecule has 1 aromatic heterocycles. The lowest BCUT2D eigenvalue weighted by Crippen LogP contribution is -2.49. The normalized spacial score (nSPS) is 15.7. The van der Waals surface area contributed by atoms with Crippen molar-refractivity contribution in [2.45, 2.75) is 26.3 Å². The van der Waals surface area contributed by atoms with Gasteiger partial charge in [0.1, 0.15) is 5.69 Å². The number of hydrogen-bond acceptors (Lipinski definition) is 4. The number of rotatable bonds is 5. The van der Waals surface area contributed by atoms with Crippen LogP contribution >= 0.6 is 11.6 Å². The lowest BCUT2D eigenvalue weighted by molar-refractivity contribution is 0.0741. The fourth-order valence-corrected chi connectivity index (χ4v) is 3.21. The molecule has 1 unspecified atom stereocenters. The van der Waals surface area contributed by atoms with Crippen LogP contribution in [0, 0.1) is 0 Å². The third-order valence-electron chi connectivity index (χ3n) is 4.74. The summed E-state index contributed by atoms with van der Waals surface area (Å²) in [6, 6.07) is 11.9. The van der Waals surface area contributed by atoms with Crippen molar-refractivity contribution in [3.8, 4) is 0 Å². The van der Waals surface area contributed by atoms with E-state index in [-0.39, 0.29) is 5.91 Å². The molecule has 26 heavy (non-hydrogen) atoms. The van der Waals surface area contributed by atoms with Crippen molar-refractivity contribution in [2.24, 2.45) is 0 Å². The first-order chi connectivity index (χ1) is 12.6. The third kappa shape index (κ3) is 4.47. The highest BCUT2D eigenvalue weighted by Gasteiger charge is 2.23. The summed E-state index contributed by atoms with van der Waals surface area (Å²) in [5.74, 6) is -0.0106. The van der Waals surface area contributed by atoms with Crippen LogP contribution in [0.2, 0.25) is 5.02 Å². The van der Waals surface area contributed by atoms with Crippen LogP contribution in [0.4, 0.5) is 11.4 Å². The fourth-order valence-electron chi connectivity index (χ4n) is 3.03. The topological polar surface area (TPSA) is 48.5 Å². The lowest BCUT2D eigenvalue weighted by atomic mass is 10.2. The van der Waals surface area contributed by atoms with Gasteiger partial charge >= 0.3 is 0 Å². The van der Waals surface area contributed by atoms with Crippen LogP contribution in [0.25, 0.3) is 0 Å². The summed E-state index contributed by atoms with van der Waals surface area (Å²) in [7, 11) is 0. The zero-order valence-corrected chi connectivity index (χ0v) is 16.0. The zero-order chi connectivity index (χ0) is 18.5. The highest BCUT2D eigenvalue weighted by Crippen LogP contribution is 2.21. The van der Waals surface area contributed by atoms with Crippen molar-refractivity contribution >= 4 is 28.9 Å². The van der Waals surface area contributed by atoms with Crippen LogP contribution < -0.4 is 10.2 Å². The Morgan fingerprint density at radius 3 is 2.69 bits per heavy atom. The Labute approximate surface area is 160 Å². The average molecular weight is 373 g/mol. The molecule has 1 fully saturated rings. The van der Waals surface area contributed by atoms with Crippen molar-refractivity contribution < 1.29 is 4.79 Å². The quantitative estimate of drug-likeness (QED) is 0.864. The van der Waals surface area contributed by atoms with Gasteiger partial charge in [-0.3, -0.25) is 9.78 Å². The molecule has 0 saturated carbocycles. The minimum Gasteiger partial charge on any atom is -0.382 e. The number of amides is 1. The number of pyridine rings is 1. The smallest absolute Gasteiger partial charge is 0.272 e. The number of halogens is 1. The van der Waals surface area contributed by atoms with E-state index in [4.69, 9.17) is 11.6 Å². The van der Waals surface area contributed by atoms with Crippen LogP contribution in [-0.4, -0.2) is 48.0 Å². The Morgan fingerprint density at radius 1 is 1.23 bits per heavy atom. The summed E-state index contributed by atoms with van der Waals surface area (Å²) < 4.78 is 0. The minimum atomic E-state index is -0.0106. The fraction of sp³-hybridized carbons (Fsp3) is 0.400. The average Bonchev–Trinajstić information content (AvgIpc) is 2.67. The van der Waals surface area contributed by atoms with Gasteiger partial charge < -0.3 is 15.1 Å².